The first-order chi connectivity index (χ1) is 10.2. The van der Waals surface area contributed by atoms with Crippen molar-refractivity contribution in [1.82, 2.24) is 4.98 Å². The van der Waals surface area contributed by atoms with Crippen LogP contribution in [-0.2, 0) is 6.54 Å². The Balaban J connectivity index is 2.02. The molecule has 2 aromatic carbocycles. The summed E-state index contributed by atoms with van der Waals surface area (Å²) >= 11 is 1.69. The molecule has 3 rings (SSSR count). The summed E-state index contributed by atoms with van der Waals surface area (Å²) in [5, 5.41) is 3.53. The average Bonchev–Trinajstić information content (AvgIpc) is 2.47. The van der Waals surface area contributed by atoms with Gasteiger partial charge in [-0.25, -0.2) is 4.98 Å². The number of pyridine rings is 1. The van der Waals surface area contributed by atoms with E-state index in [0.717, 1.165) is 16.3 Å². The molecule has 3 aromatic rings. The summed E-state index contributed by atoms with van der Waals surface area (Å²) in [7, 11) is 0. The third-order valence-electron chi connectivity index (χ3n) is 3.58. The van der Waals surface area contributed by atoms with Gasteiger partial charge >= 0.3 is 0 Å². The van der Waals surface area contributed by atoms with Crippen molar-refractivity contribution in [2.75, 3.05) is 0 Å². The Kier molecular flexibility index (Phi) is 3.95. The van der Waals surface area contributed by atoms with Gasteiger partial charge in [0.05, 0.1) is 0 Å². The molecular formula is C18H18N2S. The molecule has 1 aromatic heterocycles. The fourth-order valence-corrected chi connectivity index (χ4v) is 3.61. The molecule has 0 aliphatic carbocycles. The highest BCUT2D eigenvalue weighted by Gasteiger charge is 2.09. The topological polar surface area (TPSA) is 38.9 Å². The minimum absolute atomic E-state index is 0.523. The van der Waals surface area contributed by atoms with Gasteiger partial charge in [0, 0.05) is 22.7 Å². The van der Waals surface area contributed by atoms with Crippen LogP contribution in [0.25, 0.3) is 10.8 Å². The van der Waals surface area contributed by atoms with Crippen LogP contribution >= 0.6 is 11.8 Å². The molecular weight excluding hydrogens is 276 g/mol. The van der Waals surface area contributed by atoms with Crippen LogP contribution in [0.1, 0.15) is 16.8 Å². The van der Waals surface area contributed by atoms with Gasteiger partial charge in [-0.2, -0.15) is 0 Å². The van der Waals surface area contributed by atoms with E-state index in [-0.39, 0.29) is 0 Å². The number of nitrogens with zero attached hydrogens (tertiary/aromatic N) is 1. The van der Waals surface area contributed by atoms with E-state index in [0.29, 0.717) is 6.54 Å². The minimum Gasteiger partial charge on any atom is -0.326 e. The Hall–Kier alpha value is -1.84. The fourth-order valence-electron chi connectivity index (χ4n) is 2.50. The second kappa shape index (κ2) is 5.88. The van der Waals surface area contributed by atoms with Crippen molar-refractivity contribution < 1.29 is 0 Å². The van der Waals surface area contributed by atoms with Crippen LogP contribution in [0.3, 0.4) is 0 Å². The summed E-state index contributed by atoms with van der Waals surface area (Å²) in [6.07, 6.45) is 0. The number of hydrogen-bond acceptors (Lipinski definition) is 3. The third kappa shape index (κ3) is 2.94. The number of aryl methyl sites for hydroxylation is 2. The van der Waals surface area contributed by atoms with Crippen molar-refractivity contribution in [2.45, 2.75) is 30.3 Å². The smallest absolute Gasteiger partial charge is 0.106 e. The van der Waals surface area contributed by atoms with E-state index in [9.17, 15) is 0 Å². The van der Waals surface area contributed by atoms with Gasteiger partial charge in [-0.15, -0.1) is 0 Å². The van der Waals surface area contributed by atoms with Gasteiger partial charge in [-0.1, -0.05) is 42.1 Å². The molecule has 0 atom stereocenters. The maximum Gasteiger partial charge on any atom is 0.106 e. The van der Waals surface area contributed by atoms with Crippen LogP contribution in [0.15, 0.2) is 58.5 Å². The maximum atomic E-state index is 5.89. The molecule has 0 unspecified atom stereocenters. The Morgan fingerprint density at radius 3 is 2.52 bits per heavy atom. The monoisotopic (exact) mass is 294 g/mol. The zero-order chi connectivity index (χ0) is 14.8. The molecule has 0 amide bonds. The summed E-state index contributed by atoms with van der Waals surface area (Å²) in [6.45, 7) is 4.65. The highest BCUT2D eigenvalue weighted by atomic mass is 32.2. The van der Waals surface area contributed by atoms with Gasteiger partial charge in [0.25, 0.3) is 0 Å². The highest BCUT2D eigenvalue weighted by molar-refractivity contribution is 7.99. The van der Waals surface area contributed by atoms with Gasteiger partial charge in [0.15, 0.2) is 0 Å². The first-order valence-electron chi connectivity index (χ1n) is 7.01. The molecule has 0 fully saturated rings. The zero-order valence-electron chi connectivity index (χ0n) is 12.3. The lowest BCUT2D eigenvalue weighted by Crippen LogP contribution is -2.04. The SMILES string of the molecule is Cc1cc(C)c(CN)c(Sc2ccc3ccccc3c2)n1. The lowest BCUT2D eigenvalue weighted by molar-refractivity contribution is 0.922. The highest BCUT2D eigenvalue weighted by Crippen LogP contribution is 2.32. The summed E-state index contributed by atoms with van der Waals surface area (Å²) in [6, 6.07) is 17.0. The van der Waals surface area contributed by atoms with E-state index in [4.69, 9.17) is 5.73 Å². The van der Waals surface area contributed by atoms with E-state index < -0.39 is 0 Å². The van der Waals surface area contributed by atoms with Crippen LogP contribution in [0.4, 0.5) is 0 Å². The van der Waals surface area contributed by atoms with E-state index in [1.54, 1.807) is 11.8 Å². The van der Waals surface area contributed by atoms with Gasteiger partial charge < -0.3 is 5.73 Å². The fraction of sp³-hybridized carbons (Fsp3) is 0.167. The Bertz CT molecular complexity index is 796. The van der Waals surface area contributed by atoms with Crippen molar-refractivity contribution >= 4 is 22.5 Å². The van der Waals surface area contributed by atoms with E-state index >= 15 is 0 Å². The average molecular weight is 294 g/mol. The molecule has 2 nitrogen and oxygen atoms in total. The first kappa shape index (κ1) is 14.1. The van der Waals surface area contributed by atoms with Gasteiger partial charge in [0.1, 0.15) is 5.03 Å². The molecule has 0 aliphatic heterocycles. The van der Waals surface area contributed by atoms with Gasteiger partial charge in [0.2, 0.25) is 0 Å². The maximum absolute atomic E-state index is 5.89. The van der Waals surface area contributed by atoms with Crippen LogP contribution < -0.4 is 5.73 Å². The molecule has 3 heteroatoms. The van der Waals surface area contributed by atoms with E-state index in [1.807, 2.05) is 6.92 Å². The number of rotatable bonds is 3. The van der Waals surface area contributed by atoms with Crippen LogP contribution in [0, 0.1) is 13.8 Å². The zero-order valence-corrected chi connectivity index (χ0v) is 13.1. The predicted octanol–water partition coefficient (Wildman–Crippen LogP) is 4.46. The second-order valence-corrected chi connectivity index (χ2v) is 6.24. The van der Waals surface area contributed by atoms with Gasteiger partial charge in [-0.3, -0.25) is 0 Å². The van der Waals surface area contributed by atoms with Crippen molar-refractivity contribution in [3.63, 3.8) is 0 Å². The molecule has 2 N–H and O–H groups in total. The van der Waals surface area contributed by atoms with E-state index in [1.165, 1.54) is 21.2 Å². The standard InChI is InChI=1S/C18H18N2S/c1-12-9-13(2)20-18(17(12)11-19)21-16-8-7-14-5-3-4-6-15(14)10-16/h3-10H,11,19H2,1-2H3. The number of aromatic nitrogens is 1. The van der Waals surface area contributed by atoms with Crippen molar-refractivity contribution in [3.05, 3.63) is 65.4 Å². The third-order valence-corrected chi connectivity index (χ3v) is 4.60. The summed E-state index contributed by atoms with van der Waals surface area (Å²) in [5.41, 5.74) is 9.28. The van der Waals surface area contributed by atoms with Crippen LogP contribution in [-0.4, -0.2) is 4.98 Å². The number of hydrogen-bond donors (Lipinski definition) is 1. The molecule has 0 bridgehead atoms. The lowest BCUT2D eigenvalue weighted by Gasteiger charge is -2.11. The number of fused-ring (bicyclic) bond motifs is 1. The van der Waals surface area contributed by atoms with Crippen molar-refractivity contribution in [2.24, 2.45) is 5.73 Å². The largest absolute Gasteiger partial charge is 0.326 e. The molecule has 1 heterocycles. The number of benzene rings is 2. The predicted molar refractivity (Wildman–Crippen MR) is 89.7 cm³/mol. The Morgan fingerprint density at radius 1 is 1.00 bits per heavy atom. The second-order valence-electron chi connectivity index (χ2n) is 5.18. The Labute approximate surface area is 129 Å². The molecule has 0 aliphatic rings. The molecule has 0 radical (unpaired) electrons. The van der Waals surface area contributed by atoms with Crippen molar-refractivity contribution in [1.29, 1.82) is 0 Å². The first-order valence-corrected chi connectivity index (χ1v) is 7.83. The minimum atomic E-state index is 0.523. The van der Waals surface area contributed by atoms with Crippen LogP contribution in [0.5, 0.6) is 0 Å². The molecule has 0 saturated carbocycles. The quantitative estimate of drug-likeness (QED) is 0.775. The van der Waals surface area contributed by atoms with Crippen LogP contribution in [0.2, 0.25) is 0 Å². The lowest BCUT2D eigenvalue weighted by atomic mass is 10.1. The Morgan fingerprint density at radius 2 is 1.76 bits per heavy atom. The molecule has 0 spiro atoms. The molecule has 21 heavy (non-hydrogen) atoms. The number of nitrogens with two attached hydrogens (primary N) is 1. The molecule has 106 valence electrons. The van der Waals surface area contributed by atoms with E-state index in [2.05, 4.69) is 60.4 Å². The summed E-state index contributed by atoms with van der Waals surface area (Å²) < 4.78 is 0. The summed E-state index contributed by atoms with van der Waals surface area (Å²) in [5.74, 6) is 0. The summed E-state index contributed by atoms with van der Waals surface area (Å²) in [4.78, 5) is 5.86. The van der Waals surface area contributed by atoms with Gasteiger partial charge in [-0.05, 0) is 48.4 Å². The normalized spacial score (nSPS) is 11.0. The molecule has 0 saturated heterocycles. The van der Waals surface area contributed by atoms with Crippen molar-refractivity contribution in [3.8, 4) is 0 Å².